The van der Waals surface area contributed by atoms with Crippen molar-refractivity contribution in [3.8, 4) is 11.5 Å². The lowest BCUT2D eigenvalue weighted by Crippen LogP contribution is -2.43. The van der Waals surface area contributed by atoms with E-state index in [1.165, 1.54) is 5.56 Å². The SMILES string of the molecule is COc1cc2c(cc1OC)[C@@H](NC(=O)CC1(n3cccc3)CCOCC1)CC2. The third-order valence-electron chi connectivity index (χ3n) is 6.12. The van der Waals surface area contributed by atoms with E-state index in [1.54, 1.807) is 14.2 Å². The van der Waals surface area contributed by atoms with E-state index in [1.807, 2.05) is 24.3 Å². The minimum Gasteiger partial charge on any atom is -0.493 e. The highest BCUT2D eigenvalue weighted by Crippen LogP contribution is 2.40. The van der Waals surface area contributed by atoms with Gasteiger partial charge in [-0.2, -0.15) is 0 Å². The molecule has 2 aliphatic rings. The molecule has 2 heterocycles. The van der Waals surface area contributed by atoms with Crippen LogP contribution in [0.4, 0.5) is 0 Å². The molecule has 4 rings (SSSR count). The van der Waals surface area contributed by atoms with Crippen LogP contribution < -0.4 is 14.8 Å². The molecule has 0 radical (unpaired) electrons. The van der Waals surface area contributed by atoms with Crippen LogP contribution in [0.25, 0.3) is 0 Å². The summed E-state index contributed by atoms with van der Waals surface area (Å²) in [7, 11) is 3.28. The Morgan fingerprint density at radius 3 is 2.54 bits per heavy atom. The lowest BCUT2D eigenvalue weighted by Gasteiger charge is -2.38. The molecule has 1 aromatic heterocycles. The van der Waals surface area contributed by atoms with Gasteiger partial charge in [0.1, 0.15) is 0 Å². The van der Waals surface area contributed by atoms with Crippen LogP contribution in [0.3, 0.4) is 0 Å². The summed E-state index contributed by atoms with van der Waals surface area (Å²) < 4.78 is 18.6. The number of nitrogens with one attached hydrogen (secondary N) is 1. The number of rotatable bonds is 6. The van der Waals surface area contributed by atoms with Crippen LogP contribution in [0.2, 0.25) is 0 Å². The minimum absolute atomic E-state index is 0.0175. The van der Waals surface area contributed by atoms with Gasteiger partial charge in [0.15, 0.2) is 11.5 Å². The topological polar surface area (TPSA) is 61.7 Å². The zero-order valence-corrected chi connectivity index (χ0v) is 16.6. The summed E-state index contributed by atoms with van der Waals surface area (Å²) in [5, 5.41) is 3.27. The van der Waals surface area contributed by atoms with Gasteiger partial charge in [-0.05, 0) is 61.1 Å². The molecule has 0 unspecified atom stereocenters. The molecule has 0 spiro atoms. The molecule has 150 valence electrons. The van der Waals surface area contributed by atoms with Crippen molar-refractivity contribution in [1.29, 1.82) is 0 Å². The standard InChI is InChI=1S/C22H28N2O4/c1-26-19-13-16-5-6-18(17(16)14-20(19)27-2)23-21(25)15-22(7-11-28-12-8-22)24-9-3-4-10-24/h3-4,9-10,13-14,18H,5-8,11-12,15H2,1-2H3,(H,23,25)/t18-/m0/s1. The fourth-order valence-electron chi connectivity index (χ4n) is 4.56. The van der Waals surface area contributed by atoms with Crippen LogP contribution in [0, 0.1) is 0 Å². The molecule has 1 aliphatic heterocycles. The van der Waals surface area contributed by atoms with E-state index >= 15 is 0 Å². The number of fused-ring (bicyclic) bond motifs is 1. The molecule has 1 fully saturated rings. The van der Waals surface area contributed by atoms with Gasteiger partial charge in [-0.1, -0.05) is 0 Å². The third kappa shape index (κ3) is 3.49. The first-order valence-electron chi connectivity index (χ1n) is 9.90. The van der Waals surface area contributed by atoms with Crippen LogP contribution in [0.15, 0.2) is 36.7 Å². The number of ether oxygens (including phenoxy) is 3. The molecule has 0 bridgehead atoms. The molecule has 0 saturated carbocycles. The quantitative estimate of drug-likeness (QED) is 0.831. The second-order valence-corrected chi connectivity index (χ2v) is 7.67. The van der Waals surface area contributed by atoms with E-state index in [9.17, 15) is 4.79 Å². The summed E-state index contributed by atoms with van der Waals surface area (Å²) in [5.41, 5.74) is 2.15. The summed E-state index contributed by atoms with van der Waals surface area (Å²) in [6.07, 6.45) is 8.10. The second kappa shape index (κ2) is 7.87. The molecule has 6 heteroatoms. The monoisotopic (exact) mass is 384 g/mol. The number of aromatic nitrogens is 1. The Morgan fingerprint density at radius 1 is 1.18 bits per heavy atom. The molecule has 1 aliphatic carbocycles. The molecular formula is C22H28N2O4. The van der Waals surface area contributed by atoms with E-state index in [2.05, 4.69) is 22.3 Å². The normalized spacial score (nSPS) is 20.4. The molecule has 1 saturated heterocycles. The smallest absolute Gasteiger partial charge is 0.222 e. The Bertz CT molecular complexity index is 825. The van der Waals surface area contributed by atoms with Gasteiger partial charge in [0, 0.05) is 25.6 Å². The van der Waals surface area contributed by atoms with Gasteiger partial charge in [0.25, 0.3) is 0 Å². The highest BCUT2D eigenvalue weighted by Gasteiger charge is 2.37. The first kappa shape index (κ1) is 18.9. The number of aryl methyl sites for hydroxylation is 1. The third-order valence-corrected chi connectivity index (χ3v) is 6.12. The largest absolute Gasteiger partial charge is 0.493 e. The van der Waals surface area contributed by atoms with Gasteiger partial charge in [-0.3, -0.25) is 4.79 Å². The van der Waals surface area contributed by atoms with Gasteiger partial charge in [0.05, 0.1) is 32.2 Å². The van der Waals surface area contributed by atoms with Crippen LogP contribution in [0.1, 0.15) is 42.9 Å². The summed E-state index contributed by atoms with van der Waals surface area (Å²) in [6, 6.07) is 8.08. The molecular weight excluding hydrogens is 356 g/mol. The number of amides is 1. The maximum Gasteiger partial charge on any atom is 0.222 e. The van der Waals surface area contributed by atoms with E-state index in [0.717, 1.165) is 37.0 Å². The molecule has 1 amide bonds. The molecule has 1 N–H and O–H groups in total. The van der Waals surface area contributed by atoms with Crippen molar-refractivity contribution in [3.05, 3.63) is 47.8 Å². The average Bonchev–Trinajstić information content (AvgIpc) is 3.38. The number of carbonyl (C=O) groups excluding carboxylic acids is 1. The van der Waals surface area contributed by atoms with E-state index < -0.39 is 0 Å². The van der Waals surface area contributed by atoms with Crippen LogP contribution >= 0.6 is 0 Å². The number of nitrogens with zero attached hydrogens (tertiary/aromatic N) is 1. The highest BCUT2D eigenvalue weighted by molar-refractivity contribution is 5.78. The lowest BCUT2D eigenvalue weighted by atomic mass is 9.85. The average molecular weight is 384 g/mol. The molecule has 28 heavy (non-hydrogen) atoms. The number of methoxy groups -OCH3 is 2. The second-order valence-electron chi connectivity index (χ2n) is 7.67. The number of benzene rings is 1. The van der Waals surface area contributed by atoms with Gasteiger partial charge in [-0.15, -0.1) is 0 Å². The van der Waals surface area contributed by atoms with Crippen molar-refractivity contribution in [2.75, 3.05) is 27.4 Å². The van der Waals surface area contributed by atoms with Crippen molar-refractivity contribution in [2.45, 2.75) is 43.7 Å². The minimum atomic E-state index is -0.204. The van der Waals surface area contributed by atoms with Crippen molar-refractivity contribution < 1.29 is 19.0 Å². The fourth-order valence-corrected chi connectivity index (χ4v) is 4.56. The summed E-state index contributed by atoms with van der Waals surface area (Å²) in [4.78, 5) is 13.0. The molecule has 1 aromatic carbocycles. The maximum absolute atomic E-state index is 13.0. The maximum atomic E-state index is 13.0. The predicted octanol–water partition coefficient (Wildman–Crippen LogP) is 3.20. The zero-order chi connectivity index (χ0) is 19.6. The van der Waals surface area contributed by atoms with Gasteiger partial charge in [-0.25, -0.2) is 0 Å². The predicted molar refractivity (Wildman–Crippen MR) is 106 cm³/mol. The number of hydrogen-bond donors (Lipinski definition) is 1. The Kier molecular flexibility index (Phi) is 5.31. The first-order chi connectivity index (χ1) is 13.6. The zero-order valence-electron chi connectivity index (χ0n) is 16.6. The fraction of sp³-hybridized carbons (Fsp3) is 0.500. The Hall–Kier alpha value is -2.47. The van der Waals surface area contributed by atoms with Crippen LogP contribution in [-0.2, 0) is 21.5 Å². The Balaban J connectivity index is 1.51. The van der Waals surface area contributed by atoms with Gasteiger partial charge in [0.2, 0.25) is 5.91 Å². The highest BCUT2D eigenvalue weighted by atomic mass is 16.5. The van der Waals surface area contributed by atoms with Crippen molar-refractivity contribution in [3.63, 3.8) is 0 Å². The van der Waals surface area contributed by atoms with E-state index in [4.69, 9.17) is 14.2 Å². The summed E-state index contributed by atoms with van der Waals surface area (Å²) >= 11 is 0. The summed E-state index contributed by atoms with van der Waals surface area (Å²) in [6.45, 7) is 1.38. The van der Waals surface area contributed by atoms with Crippen molar-refractivity contribution in [1.82, 2.24) is 9.88 Å². The van der Waals surface area contributed by atoms with Crippen LogP contribution in [0.5, 0.6) is 11.5 Å². The molecule has 6 nitrogen and oxygen atoms in total. The van der Waals surface area contributed by atoms with Crippen LogP contribution in [-0.4, -0.2) is 37.9 Å². The lowest BCUT2D eigenvalue weighted by molar-refractivity contribution is -0.125. The van der Waals surface area contributed by atoms with Gasteiger partial charge >= 0.3 is 0 Å². The Labute approximate surface area is 165 Å². The molecule has 2 aromatic rings. The number of hydrogen-bond acceptors (Lipinski definition) is 4. The Morgan fingerprint density at radius 2 is 1.86 bits per heavy atom. The molecule has 1 atom stereocenters. The first-order valence-corrected chi connectivity index (χ1v) is 9.90. The van der Waals surface area contributed by atoms with E-state index in [0.29, 0.717) is 25.4 Å². The van der Waals surface area contributed by atoms with Crippen molar-refractivity contribution >= 4 is 5.91 Å². The summed E-state index contributed by atoms with van der Waals surface area (Å²) in [5.74, 6) is 1.53. The van der Waals surface area contributed by atoms with E-state index in [-0.39, 0.29) is 17.5 Å². The number of carbonyl (C=O) groups is 1. The van der Waals surface area contributed by atoms with Crippen molar-refractivity contribution in [2.24, 2.45) is 0 Å². The van der Waals surface area contributed by atoms with Gasteiger partial charge < -0.3 is 24.1 Å².